The highest BCUT2D eigenvalue weighted by atomic mass is 32.1. The standard InChI is InChI=1S/C16H18N6OS/c1-12-17-20-16(23-12)11-21-6-8-22(9-7-21)15-5-4-13(18-19-15)14-3-2-10-24-14/h2-5,10H,6-9,11H2,1H3. The maximum absolute atomic E-state index is 5.45. The topological polar surface area (TPSA) is 71.2 Å². The second-order valence-corrected chi connectivity index (χ2v) is 6.68. The van der Waals surface area contributed by atoms with Gasteiger partial charge < -0.3 is 9.32 Å². The summed E-state index contributed by atoms with van der Waals surface area (Å²) in [7, 11) is 0. The highest BCUT2D eigenvalue weighted by Crippen LogP contribution is 2.23. The SMILES string of the molecule is Cc1nnc(CN2CCN(c3ccc(-c4cccs4)nn3)CC2)o1. The molecule has 8 heteroatoms. The molecule has 0 spiro atoms. The Morgan fingerprint density at radius 1 is 1.04 bits per heavy atom. The van der Waals surface area contributed by atoms with Crippen molar-refractivity contribution in [3.05, 3.63) is 41.4 Å². The molecule has 1 aliphatic rings. The van der Waals surface area contributed by atoms with Crippen molar-refractivity contribution in [2.45, 2.75) is 13.5 Å². The first kappa shape index (κ1) is 15.2. The van der Waals surface area contributed by atoms with Gasteiger partial charge in [0.2, 0.25) is 11.8 Å². The number of nitrogens with zero attached hydrogens (tertiary/aromatic N) is 6. The molecule has 4 heterocycles. The number of hydrogen-bond acceptors (Lipinski definition) is 8. The van der Waals surface area contributed by atoms with Crippen molar-refractivity contribution in [3.63, 3.8) is 0 Å². The van der Waals surface area contributed by atoms with Crippen molar-refractivity contribution in [3.8, 4) is 10.6 Å². The molecule has 124 valence electrons. The molecule has 3 aromatic rings. The first-order chi connectivity index (χ1) is 11.8. The van der Waals surface area contributed by atoms with Crippen molar-refractivity contribution in [2.75, 3.05) is 31.1 Å². The van der Waals surface area contributed by atoms with Gasteiger partial charge in [-0.3, -0.25) is 4.90 Å². The van der Waals surface area contributed by atoms with Crippen molar-refractivity contribution in [2.24, 2.45) is 0 Å². The van der Waals surface area contributed by atoms with E-state index in [1.54, 1.807) is 11.3 Å². The van der Waals surface area contributed by atoms with Crippen LogP contribution in [0.4, 0.5) is 5.82 Å². The van der Waals surface area contributed by atoms with Crippen molar-refractivity contribution < 1.29 is 4.42 Å². The van der Waals surface area contributed by atoms with Crippen LogP contribution in [0.1, 0.15) is 11.8 Å². The molecule has 1 fully saturated rings. The van der Waals surface area contributed by atoms with Crippen LogP contribution in [0.2, 0.25) is 0 Å². The summed E-state index contributed by atoms with van der Waals surface area (Å²) in [5.74, 6) is 2.23. The maximum Gasteiger partial charge on any atom is 0.230 e. The molecular weight excluding hydrogens is 324 g/mol. The lowest BCUT2D eigenvalue weighted by Gasteiger charge is -2.34. The minimum atomic E-state index is 0.616. The second kappa shape index (κ2) is 6.66. The third kappa shape index (κ3) is 3.29. The molecule has 0 N–H and O–H groups in total. The Hall–Kier alpha value is -2.32. The van der Waals surface area contributed by atoms with Gasteiger partial charge in [0.1, 0.15) is 5.69 Å². The smallest absolute Gasteiger partial charge is 0.230 e. The van der Waals surface area contributed by atoms with Gasteiger partial charge in [-0.1, -0.05) is 6.07 Å². The molecule has 0 amide bonds. The van der Waals surface area contributed by atoms with E-state index in [0.717, 1.165) is 42.6 Å². The average molecular weight is 342 g/mol. The van der Waals surface area contributed by atoms with E-state index in [-0.39, 0.29) is 0 Å². The Balaban J connectivity index is 1.35. The molecule has 0 saturated carbocycles. The maximum atomic E-state index is 5.45. The largest absolute Gasteiger partial charge is 0.424 e. The lowest BCUT2D eigenvalue weighted by Crippen LogP contribution is -2.46. The van der Waals surface area contributed by atoms with Crippen LogP contribution in [0, 0.1) is 6.92 Å². The van der Waals surface area contributed by atoms with Gasteiger partial charge in [-0.15, -0.1) is 31.7 Å². The zero-order chi connectivity index (χ0) is 16.4. The van der Waals surface area contributed by atoms with Gasteiger partial charge in [-0.2, -0.15) is 0 Å². The fourth-order valence-electron chi connectivity index (χ4n) is 2.78. The van der Waals surface area contributed by atoms with Crippen LogP contribution >= 0.6 is 11.3 Å². The fraction of sp³-hybridized carbons (Fsp3) is 0.375. The number of hydrogen-bond donors (Lipinski definition) is 0. The Bertz CT molecular complexity index is 777. The Labute approximate surface area is 143 Å². The lowest BCUT2D eigenvalue weighted by molar-refractivity contribution is 0.224. The van der Waals surface area contributed by atoms with E-state index in [9.17, 15) is 0 Å². The Morgan fingerprint density at radius 2 is 1.92 bits per heavy atom. The third-order valence-electron chi connectivity index (χ3n) is 4.05. The molecule has 24 heavy (non-hydrogen) atoms. The molecule has 0 atom stereocenters. The third-order valence-corrected chi connectivity index (χ3v) is 4.94. The van der Waals surface area contributed by atoms with Crippen LogP contribution in [0.15, 0.2) is 34.1 Å². The first-order valence-electron chi connectivity index (χ1n) is 7.92. The van der Waals surface area contributed by atoms with E-state index in [2.05, 4.69) is 47.7 Å². The van der Waals surface area contributed by atoms with Gasteiger partial charge in [0.05, 0.1) is 11.4 Å². The first-order valence-corrected chi connectivity index (χ1v) is 8.80. The predicted molar refractivity (Wildman–Crippen MR) is 91.9 cm³/mol. The van der Waals surface area contributed by atoms with E-state index in [1.807, 2.05) is 19.1 Å². The molecule has 7 nitrogen and oxygen atoms in total. The summed E-state index contributed by atoms with van der Waals surface area (Å²) in [6, 6.07) is 8.19. The number of aromatic nitrogens is 4. The number of anilines is 1. The normalized spacial score (nSPS) is 15.8. The van der Waals surface area contributed by atoms with E-state index in [1.165, 1.54) is 0 Å². The lowest BCUT2D eigenvalue weighted by atomic mass is 10.3. The number of piperazine rings is 1. The van der Waals surface area contributed by atoms with E-state index in [0.29, 0.717) is 18.3 Å². The zero-order valence-corrected chi connectivity index (χ0v) is 14.2. The zero-order valence-electron chi connectivity index (χ0n) is 13.4. The predicted octanol–water partition coefficient (Wildman–Crippen LogP) is 2.22. The summed E-state index contributed by atoms with van der Waals surface area (Å²) >= 11 is 1.68. The minimum Gasteiger partial charge on any atom is -0.424 e. The van der Waals surface area contributed by atoms with Crippen LogP contribution in [-0.2, 0) is 6.54 Å². The van der Waals surface area contributed by atoms with Crippen molar-refractivity contribution in [1.82, 2.24) is 25.3 Å². The van der Waals surface area contributed by atoms with Crippen LogP contribution in [0.3, 0.4) is 0 Å². The van der Waals surface area contributed by atoms with Crippen molar-refractivity contribution in [1.29, 1.82) is 0 Å². The summed E-state index contributed by atoms with van der Waals surface area (Å²) < 4.78 is 5.45. The highest BCUT2D eigenvalue weighted by Gasteiger charge is 2.20. The van der Waals surface area contributed by atoms with Crippen LogP contribution < -0.4 is 4.90 Å². The Morgan fingerprint density at radius 3 is 2.54 bits per heavy atom. The molecular formula is C16H18N6OS. The van der Waals surface area contributed by atoms with Gasteiger partial charge in [-0.25, -0.2) is 0 Å². The monoisotopic (exact) mass is 342 g/mol. The quantitative estimate of drug-likeness (QED) is 0.720. The summed E-state index contributed by atoms with van der Waals surface area (Å²) in [4.78, 5) is 5.73. The van der Waals surface area contributed by atoms with Gasteiger partial charge in [0, 0.05) is 33.1 Å². The fourth-order valence-corrected chi connectivity index (χ4v) is 3.47. The van der Waals surface area contributed by atoms with Gasteiger partial charge in [0.15, 0.2) is 5.82 Å². The van der Waals surface area contributed by atoms with E-state index in [4.69, 9.17) is 4.42 Å². The molecule has 1 saturated heterocycles. The molecule has 0 unspecified atom stereocenters. The van der Waals surface area contributed by atoms with Gasteiger partial charge in [0.25, 0.3) is 0 Å². The van der Waals surface area contributed by atoms with Crippen LogP contribution in [-0.4, -0.2) is 51.5 Å². The number of rotatable bonds is 4. The van der Waals surface area contributed by atoms with E-state index < -0.39 is 0 Å². The summed E-state index contributed by atoms with van der Waals surface area (Å²) in [6.45, 7) is 6.23. The van der Waals surface area contributed by atoms with Crippen molar-refractivity contribution >= 4 is 17.2 Å². The van der Waals surface area contributed by atoms with Gasteiger partial charge in [-0.05, 0) is 23.6 Å². The van der Waals surface area contributed by atoms with Gasteiger partial charge >= 0.3 is 0 Å². The molecule has 4 rings (SSSR count). The molecule has 1 aliphatic heterocycles. The van der Waals surface area contributed by atoms with Crippen LogP contribution in [0.5, 0.6) is 0 Å². The molecule has 0 aliphatic carbocycles. The highest BCUT2D eigenvalue weighted by molar-refractivity contribution is 7.13. The minimum absolute atomic E-state index is 0.616. The molecule has 0 bridgehead atoms. The number of aryl methyl sites for hydroxylation is 1. The molecule has 0 radical (unpaired) electrons. The summed E-state index contributed by atoms with van der Waals surface area (Å²) in [5, 5.41) is 18.7. The molecule has 3 aromatic heterocycles. The number of thiophene rings is 1. The van der Waals surface area contributed by atoms with E-state index >= 15 is 0 Å². The summed E-state index contributed by atoms with van der Waals surface area (Å²) in [6.07, 6.45) is 0. The second-order valence-electron chi connectivity index (χ2n) is 5.73. The van der Waals surface area contributed by atoms with Crippen LogP contribution in [0.25, 0.3) is 10.6 Å². The molecule has 0 aromatic carbocycles. The summed E-state index contributed by atoms with van der Waals surface area (Å²) in [5.41, 5.74) is 0.930. The Kier molecular flexibility index (Phi) is 4.22. The average Bonchev–Trinajstić information content (AvgIpc) is 3.28.